The third-order valence-electron chi connectivity index (χ3n) is 4.35. The predicted octanol–water partition coefficient (Wildman–Crippen LogP) is 2.46. The van der Waals surface area contributed by atoms with Crippen LogP contribution in [0.5, 0.6) is 0 Å². The second-order valence-electron chi connectivity index (χ2n) is 6.08. The smallest absolute Gasteiger partial charge is 0.234 e. The molecule has 104 valence electrons. The van der Waals surface area contributed by atoms with E-state index in [-0.39, 0.29) is 5.91 Å². The summed E-state index contributed by atoms with van der Waals surface area (Å²) in [4.78, 5) is 11.9. The Hall–Kier alpha value is -0.570. The van der Waals surface area contributed by atoms with Crippen LogP contribution in [0, 0.1) is 11.8 Å². The molecular weight excluding hydrogens is 224 g/mol. The average molecular weight is 252 g/mol. The first-order valence-electron chi connectivity index (χ1n) is 7.79. The van der Waals surface area contributed by atoms with Gasteiger partial charge in [-0.25, -0.2) is 0 Å². The molecule has 2 rings (SSSR count). The minimum Gasteiger partial charge on any atom is -0.352 e. The van der Waals surface area contributed by atoms with Gasteiger partial charge in [-0.2, -0.15) is 0 Å². The van der Waals surface area contributed by atoms with Crippen molar-refractivity contribution in [3.8, 4) is 0 Å². The molecule has 0 aromatic rings. The summed E-state index contributed by atoms with van der Waals surface area (Å²) in [5.74, 6) is 1.80. The maximum absolute atomic E-state index is 11.9. The van der Waals surface area contributed by atoms with Crippen molar-refractivity contribution in [2.24, 2.45) is 11.8 Å². The van der Waals surface area contributed by atoms with Gasteiger partial charge in [0.25, 0.3) is 0 Å². The third kappa shape index (κ3) is 4.60. The fourth-order valence-electron chi connectivity index (χ4n) is 2.66. The van der Waals surface area contributed by atoms with E-state index in [1.165, 1.54) is 44.9 Å². The molecule has 0 bridgehead atoms. The molecular formula is C15H28N2O. The number of hydrogen-bond acceptors (Lipinski definition) is 2. The number of unbranched alkanes of at least 4 members (excludes halogenated alkanes) is 1. The highest BCUT2D eigenvalue weighted by molar-refractivity contribution is 5.78. The van der Waals surface area contributed by atoms with Crippen molar-refractivity contribution in [3.05, 3.63) is 0 Å². The summed E-state index contributed by atoms with van der Waals surface area (Å²) in [6.07, 6.45) is 10.3. The van der Waals surface area contributed by atoms with Crippen LogP contribution in [0.15, 0.2) is 0 Å². The lowest BCUT2D eigenvalue weighted by Gasteiger charge is -2.34. The number of nitrogens with one attached hydrogen (secondary N) is 2. The van der Waals surface area contributed by atoms with Gasteiger partial charge in [0.1, 0.15) is 0 Å². The van der Waals surface area contributed by atoms with Crippen molar-refractivity contribution in [2.45, 2.75) is 64.3 Å². The number of carbonyl (C=O) groups excluding carboxylic acids is 1. The molecule has 2 fully saturated rings. The average Bonchev–Trinajstić information content (AvgIpc) is 3.07. The second-order valence-corrected chi connectivity index (χ2v) is 6.08. The summed E-state index contributed by atoms with van der Waals surface area (Å²) in [5, 5.41) is 6.52. The Bertz CT molecular complexity index is 259. The molecule has 0 radical (unpaired) electrons. The van der Waals surface area contributed by atoms with E-state index in [2.05, 4.69) is 17.6 Å². The number of carbonyl (C=O) groups is 1. The van der Waals surface area contributed by atoms with Crippen LogP contribution < -0.4 is 10.6 Å². The Kier molecular flexibility index (Phi) is 5.48. The van der Waals surface area contributed by atoms with Crippen LogP contribution in [-0.4, -0.2) is 25.0 Å². The topological polar surface area (TPSA) is 41.1 Å². The first kappa shape index (κ1) is 13.9. The minimum absolute atomic E-state index is 0.198. The Labute approximate surface area is 111 Å². The fourth-order valence-corrected chi connectivity index (χ4v) is 2.66. The van der Waals surface area contributed by atoms with Crippen LogP contribution in [0.3, 0.4) is 0 Å². The van der Waals surface area contributed by atoms with E-state index < -0.39 is 0 Å². The van der Waals surface area contributed by atoms with Gasteiger partial charge in [0.2, 0.25) is 5.91 Å². The lowest BCUT2D eigenvalue weighted by Crippen LogP contribution is -2.46. The summed E-state index contributed by atoms with van der Waals surface area (Å²) < 4.78 is 0. The third-order valence-corrected chi connectivity index (χ3v) is 4.35. The van der Waals surface area contributed by atoms with Gasteiger partial charge in [0, 0.05) is 6.04 Å². The van der Waals surface area contributed by atoms with Crippen molar-refractivity contribution >= 4 is 5.91 Å². The summed E-state index contributed by atoms with van der Waals surface area (Å²) in [7, 11) is 0. The molecule has 0 saturated heterocycles. The van der Waals surface area contributed by atoms with Crippen molar-refractivity contribution < 1.29 is 4.79 Å². The first-order valence-corrected chi connectivity index (χ1v) is 7.79. The fraction of sp³-hybridized carbons (Fsp3) is 0.933. The second kappa shape index (κ2) is 7.13. The van der Waals surface area contributed by atoms with Gasteiger partial charge in [-0.1, -0.05) is 26.2 Å². The van der Waals surface area contributed by atoms with Gasteiger partial charge in [-0.3, -0.25) is 4.79 Å². The van der Waals surface area contributed by atoms with Gasteiger partial charge in [0.15, 0.2) is 0 Å². The first-order chi connectivity index (χ1) is 8.79. The van der Waals surface area contributed by atoms with E-state index in [0.29, 0.717) is 12.6 Å². The molecule has 3 heteroatoms. The van der Waals surface area contributed by atoms with E-state index in [1.54, 1.807) is 0 Å². The zero-order valence-corrected chi connectivity index (χ0v) is 11.7. The summed E-state index contributed by atoms with van der Waals surface area (Å²) >= 11 is 0. The molecule has 2 aliphatic carbocycles. The molecule has 0 spiro atoms. The van der Waals surface area contributed by atoms with E-state index in [4.69, 9.17) is 0 Å². The number of rotatable bonds is 9. The lowest BCUT2D eigenvalue weighted by molar-refractivity contribution is -0.121. The lowest BCUT2D eigenvalue weighted by atomic mass is 9.78. The Balaban J connectivity index is 1.63. The summed E-state index contributed by atoms with van der Waals surface area (Å²) in [6.45, 7) is 3.75. The molecule has 1 amide bonds. The van der Waals surface area contributed by atoms with Gasteiger partial charge >= 0.3 is 0 Å². The highest BCUT2D eigenvalue weighted by Gasteiger charge is 2.28. The molecule has 0 aromatic carbocycles. The Morgan fingerprint density at radius 2 is 2.06 bits per heavy atom. The maximum Gasteiger partial charge on any atom is 0.234 e. The molecule has 2 N–H and O–H groups in total. The van der Waals surface area contributed by atoms with Gasteiger partial charge < -0.3 is 10.6 Å². The molecule has 0 heterocycles. The quantitative estimate of drug-likeness (QED) is 0.662. The van der Waals surface area contributed by atoms with Crippen LogP contribution in [0.25, 0.3) is 0 Å². The molecule has 1 unspecified atom stereocenters. The van der Waals surface area contributed by atoms with Crippen molar-refractivity contribution in [3.63, 3.8) is 0 Å². The zero-order valence-electron chi connectivity index (χ0n) is 11.7. The van der Waals surface area contributed by atoms with Gasteiger partial charge in [-0.05, 0) is 50.5 Å². The SMILES string of the molecule is CCCCC(NC(=O)CNCC1CC1)C1CCC1. The molecule has 2 aliphatic rings. The molecule has 18 heavy (non-hydrogen) atoms. The van der Waals surface area contributed by atoms with E-state index in [9.17, 15) is 4.79 Å². The van der Waals surface area contributed by atoms with E-state index in [0.717, 1.165) is 24.8 Å². The summed E-state index contributed by atoms with van der Waals surface area (Å²) in [6, 6.07) is 0.439. The maximum atomic E-state index is 11.9. The summed E-state index contributed by atoms with van der Waals surface area (Å²) in [5.41, 5.74) is 0. The standard InChI is InChI=1S/C15H28N2O/c1-2-3-7-14(13-5-4-6-13)17-15(18)11-16-10-12-8-9-12/h12-14,16H,2-11H2,1H3,(H,17,18). The highest BCUT2D eigenvalue weighted by Crippen LogP contribution is 2.31. The van der Waals surface area contributed by atoms with E-state index >= 15 is 0 Å². The monoisotopic (exact) mass is 252 g/mol. The molecule has 0 aliphatic heterocycles. The normalized spacial score (nSPS) is 21.4. The predicted molar refractivity (Wildman–Crippen MR) is 74.4 cm³/mol. The van der Waals surface area contributed by atoms with Crippen LogP contribution in [0.1, 0.15) is 58.3 Å². The Morgan fingerprint density at radius 1 is 1.28 bits per heavy atom. The Morgan fingerprint density at radius 3 is 2.61 bits per heavy atom. The largest absolute Gasteiger partial charge is 0.352 e. The zero-order chi connectivity index (χ0) is 12.8. The van der Waals surface area contributed by atoms with Crippen molar-refractivity contribution in [2.75, 3.05) is 13.1 Å². The van der Waals surface area contributed by atoms with Crippen LogP contribution in [0.2, 0.25) is 0 Å². The van der Waals surface area contributed by atoms with Crippen LogP contribution in [-0.2, 0) is 4.79 Å². The van der Waals surface area contributed by atoms with Gasteiger partial charge in [0.05, 0.1) is 6.54 Å². The molecule has 2 saturated carbocycles. The molecule has 0 aromatic heterocycles. The van der Waals surface area contributed by atoms with Crippen molar-refractivity contribution in [1.82, 2.24) is 10.6 Å². The van der Waals surface area contributed by atoms with Gasteiger partial charge in [-0.15, -0.1) is 0 Å². The van der Waals surface area contributed by atoms with Crippen molar-refractivity contribution in [1.29, 1.82) is 0 Å². The minimum atomic E-state index is 0.198. The molecule has 3 nitrogen and oxygen atoms in total. The molecule has 1 atom stereocenters. The van der Waals surface area contributed by atoms with Crippen LogP contribution >= 0.6 is 0 Å². The van der Waals surface area contributed by atoms with Crippen LogP contribution in [0.4, 0.5) is 0 Å². The number of amides is 1. The van der Waals surface area contributed by atoms with E-state index in [1.807, 2.05) is 0 Å². The number of hydrogen-bond donors (Lipinski definition) is 2. The highest BCUT2D eigenvalue weighted by atomic mass is 16.1.